The average Bonchev–Trinajstić information content (AvgIpc) is 2.94. The second kappa shape index (κ2) is 8.67. The smallest absolute Gasteiger partial charge is 0.241 e. The highest BCUT2D eigenvalue weighted by molar-refractivity contribution is 6.21. The maximum Gasteiger partial charge on any atom is 0.241 e. The fraction of sp³-hybridized carbons (Fsp3) is 0.269. The van der Waals surface area contributed by atoms with Gasteiger partial charge in [-0.15, -0.1) is 0 Å². The Hall–Kier alpha value is -3.71. The lowest BCUT2D eigenvalue weighted by molar-refractivity contribution is -0.124. The lowest BCUT2D eigenvalue weighted by Gasteiger charge is -2.28. The molecule has 0 aromatic heterocycles. The van der Waals surface area contributed by atoms with Gasteiger partial charge in [0.25, 0.3) is 0 Å². The number of benzene rings is 3. The molecule has 0 saturated carbocycles. The van der Waals surface area contributed by atoms with Gasteiger partial charge in [0.05, 0.1) is 11.4 Å². The first-order chi connectivity index (χ1) is 16.0. The summed E-state index contributed by atoms with van der Waals surface area (Å²) in [6.07, 6.45) is 1.47. The monoisotopic (exact) mass is 442 g/mol. The first-order valence-electron chi connectivity index (χ1n) is 11.2. The number of hydrogen-bond donors (Lipinski definition) is 2. The number of amides is 3. The molecule has 168 valence electrons. The van der Waals surface area contributed by atoms with Crippen molar-refractivity contribution < 1.29 is 14.4 Å². The summed E-state index contributed by atoms with van der Waals surface area (Å²) in [5, 5.41) is 7.78. The van der Waals surface area contributed by atoms with E-state index in [0.717, 1.165) is 36.7 Å². The molecule has 7 heteroatoms. The minimum atomic E-state index is -0.331. The fourth-order valence-electron chi connectivity index (χ4n) is 4.60. The maximum atomic E-state index is 13.0. The van der Waals surface area contributed by atoms with Crippen LogP contribution in [0.4, 0.5) is 22.7 Å². The van der Waals surface area contributed by atoms with Gasteiger partial charge in [0.1, 0.15) is 6.42 Å². The van der Waals surface area contributed by atoms with E-state index in [2.05, 4.69) is 22.6 Å². The third kappa shape index (κ3) is 4.19. The average molecular weight is 443 g/mol. The van der Waals surface area contributed by atoms with Crippen LogP contribution in [-0.2, 0) is 14.4 Å². The molecule has 0 radical (unpaired) electrons. The van der Waals surface area contributed by atoms with Crippen molar-refractivity contribution in [3.05, 3.63) is 60.7 Å². The Morgan fingerprint density at radius 2 is 1.70 bits per heavy atom. The highest BCUT2D eigenvalue weighted by Gasteiger charge is 2.29. The van der Waals surface area contributed by atoms with Gasteiger partial charge >= 0.3 is 0 Å². The minimum Gasteiger partial charge on any atom is -0.326 e. The standard InChI is InChI=1S/C26H26N4O3/c1-29-14-12-18(13-15-29)26(33)27-19-7-9-20(10-8-19)30-22-11-6-17-4-2-3-5-21(17)25(22)28-23(31)16-24(30)32/h2-11,18H,12-16H2,1H3,(H,27,33)(H,28,31). The van der Waals surface area contributed by atoms with E-state index in [4.69, 9.17) is 0 Å². The van der Waals surface area contributed by atoms with Gasteiger partial charge in [0.2, 0.25) is 17.7 Å². The molecular formula is C26H26N4O3. The van der Waals surface area contributed by atoms with Crippen LogP contribution in [0.2, 0.25) is 0 Å². The summed E-state index contributed by atoms with van der Waals surface area (Å²) >= 11 is 0. The topological polar surface area (TPSA) is 81.8 Å². The predicted molar refractivity (Wildman–Crippen MR) is 130 cm³/mol. The van der Waals surface area contributed by atoms with Crippen molar-refractivity contribution in [2.75, 3.05) is 35.7 Å². The maximum absolute atomic E-state index is 13.0. The molecular weight excluding hydrogens is 416 g/mol. The number of hydrogen-bond acceptors (Lipinski definition) is 4. The Labute approximate surface area is 192 Å². The number of fused-ring (bicyclic) bond motifs is 3. The van der Waals surface area contributed by atoms with Crippen molar-refractivity contribution in [3.8, 4) is 0 Å². The summed E-state index contributed by atoms with van der Waals surface area (Å²) in [4.78, 5) is 41.9. The summed E-state index contributed by atoms with van der Waals surface area (Å²) < 4.78 is 0. The van der Waals surface area contributed by atoms with Gasteiger partial charge in [-0.05, 0) is 68.7 Å². The lowest BCUT2D eigenvalue weighted by atomic mass is 9.96. The van der Waals surface area contributed by atoms with Crippen LogP contribution in [0.15, 0.2) is 60.7 Å². The molecule has 2 heterocycles. The molecule has 33 heavy (non-hydrogen) atoms. The summed E-state index contributed by atoms with van der Waals surface area (Å²) in [5.41, 5.74) is 2.60. The van der Waals surface area contributed by atoms with Gasteiger partial charge in [0, 0.05) is 22.7 Å². The van der Waals surface area contributed by atoms with Gasteiger partial charge < -0.3 is 15.5 Å². The summed E-state index contributed by atoms with van der Waals surface area (Å²) in [7, 11) is 2.07. The van der Waals surface area contributed by atoms with E-state index >= 15 is 0 Å². The van der Waals surface area contributed by atoms with E-state index in [0.29, 0.717) is 22.7 Å². The molecule has 3 aromatic carbocycles. The van der Waals surface area contributed by atoms with Crippen LogP contribution in [0.3, 0.4) is 0 Å². The molecule has 2 N–H and O–H groups in total. The zero-order valence-electron chi connectivity index (χ0n) is 18.5. The quantitative estimate of drug-likeness (QED) is 0.598. The fourth-order valence-corrected chi connectivity index (χ4v) is 4.60. The molecule has 2 aliphatic heterocycles. The summed E-state index contributed by atoms with van der Waals surface area (Å²) in [6.45, 7) is 1.85. The third-order valence-electron chi connectivity index (χ3n) is 6.46. The van der Waals surface area contributed by atoms with Crippen LogP contribution >= 0.6 is 0 Å². The Morgan fingerprint density at radius 3 is 2.45 bits per heavy atom. The minimum absolute atomic E-state index is 0.0188. The van der Waals surface area contributed by atoms with Crippen LogP contribution in [-0.4, -0.2) is 42.8 Å². The van der Waals surface area contributed by atoms with E-state index in [9.17, 15) is 14.4 Å². The van der Waals surface area contributed by atoms with Gasteiger partial charge in [0.15, 0.2) is 0 Å². The van der Waals surface area contributed by atoms with Gasteiger partial charge in [-0.2, -0.15) is 0 Å². The molecule has 3 amide bonds. The van der Waals surface area contributed by atoms with Gasteiger partial charge in [-0.25, -0.2) is 0 Å². The molecule has 7 nitrogen and oxygen atoms in total. The van der Waals surface area contributed by atoms with E-state index in [1.165, 1.54) is 0 Å². The Kier molecular flexibility index (Phi) is 5.56. The van der Waals surface area contributed by atoms with Crippen molar-refractivity contribution in [3.63, 3.8) is 0 Å². The zero-order valence-corrected chi connectivity index (χ0v) is 18.5. The van der Waals surface area contributed by atoms with Gasteiger partial charge in [-0.1, -0.05) is 30.3 Å². The van der Waals surface area contributed by atoms with Crippen molar-refractivity contribution >= 4 is 51.2 Å². The van der Waals surface area contributed by atoms with Crippen molar-refractivity contribution in [1.29, 1.82) is 0 Å². The van der Waals surface area contributed by atoms with E-state index in [1.807, 2.05) is 36.4 Å². The number of rotatable bonds is 3. The largest absolute Gasteiger partial charge is 0.326 e. The predicted octanol–water partition coefficient (Wildman–Crippen LogP) is 4.13. The van der Waals surface area contributed by atoms with Crippen LogP contribution in [0.5, 0.6) is 0 Å². The van der Waals surface area contributed by atoms with Crippen LogP contribution in [0, 0.1) is 5.92 Å². The first-order valence-corrected chi connectivity index (χ1v) is 11.2. The number of nitrogens with zero attached hydrogens (tertiary/aromatic N) is 2. The lowest BCUT2D eigenvalue weighted by Crippen LogP contribution is -2.35. The number of carbonyl (C=O) groups is 3. The molecule has 0 bridgehead atoms. The normalized spacial score (nSPS) is 17.4. The Balaban J connectivity index is 1.43. The molecule has 5 rings (SSSR count). The molecule has 3 aromatic rings. The molecule has 0 aliphatic carbocycles. The van der Waals surface area contributed by atoms with E-state index < -0.39 is 0 Å². The SMILES string of the molecule is CN1CCC(C(=O)Nc2ccc(N3C(=O)CC(=O)Nc4c3ccc3ccccc43)cc2)CC1. The molecule has 2 aliphatic rings. The molecule has 1 saturated heterocycles. The number of nitrogens with one attached hydrogen (secondary N) is 2. The second-order valence-corrected chi connectivity index (χ2v) is 8.75. The zero-order chi connectivity index (χ0) is 22.9. The second-order valence-electron chi connectivity index (χ2n) is 8.75. The molecule has 0 unspecified atom stereocenters. The Morgan fingerprint density at radius 1 is 0.970 bits per heavy atom. The first kappa shape index (κ1) is 21.2. The van der Waals surface area contributed by atoms with Crippen molar-refractivity contribution in [2.45, 2.75) is 19.3 Å². The summed E-state index contributed by atoms with van der Waals surface area (Å²) in [6, 6.07) is 18.8. The number of piperidine rings is 1. The molecule has 0 spiro atoms. The number of carbonyl (C=O) groups excluding carboxylic acids is 3. The van der Waals surface area contributed by atoms with Crippen LogP contribution in [0.25, 0.3) is 10.8 Å². The van der Waals surface area contributed by atoms with Crippen LogP contribution in [0.1, 0.15) is 19.3 Å². The van der Waals surface area contributed by atoms with Crippen LogP contribution < -0.4 is 15.5 Å². The Bertz CT molecular complexity index is 1230. The van der Waals surface area contributed by atoms with Crippen molar-refractivity contribution in [1.82, 2.24) is 4.90 Å². The molecule has 0 atom stereocenters. The number of likely N-dealkylation sites (tertiary alicyclic amines) is 1. The highest BCUT2D eigenvalue weighted by atomic mass is 16.2. The van der Waals surface area contributed by atoms with Gasteiger partial charge in [-0.3, -0.25) is 19.3 Å². The highest BCUT2D eigenvalue weighted by Crippen LogP contribution is 2.40. The third-order valence-corrected chi connectivity index (χ3v) is 6.46. The van der Waals surface area contributed by atoms with E-state index in [1.54, 1.807) is 29.2 Å². The van der Waals surface area contributed by atoms with E-state index in [-0.39, 0.29) is 30.1 Å². The summed E-state index contributed by atoms with van der Waals surface area (Å²) in [5.74, 6) is -0.578. The molecule has 1 fully saturated rings. The van der Waals surface area contributed by atoms with Crippen molar-refractivity contribution in [2.24, 2.45) is 5.92 Å². The number of anilines is 4.